The lowest BCUT2D eigenvalue weighted by atomic mass is 9.98. The van der Waals surface area contributed by atoms with Gasteiger partial charge in [0.25, 0.3) is 0 Å². The Balaban J connectivity index is 2.73. The van der Waals surface area contributed by atoms with Gasteiger partial charge in [0.1, 0.15) is 5.75 Å². The van der Waals surface area contributed by atoms with Crippen molar-refractivity contribution in [2.45, 2.75) is 32.9 Å². The zero-order chi connectivity index (χ0) is 12.1. The largest absolute Gasteiger partial charge is 0.435 e. The van der Waals surface area contributed by atoms with Gasteiger partial charge in [0.2, 0.25) is 0 Å². The summed E-state index contributed by atoms with van der Waals surface area (Å²) < 4.78 is 28.3. The zero-order valence-corrected chi connectivity index (χ0v) is 9.49. The smallest absolute Gasteiger partial charge is 0.387 e. The normalized spacial score (nSPS) is 13.2. The van der Waals surface area contributed by atoms with Crippen molar-refractivity contribution in [3.8, 4) is 5.75 Å². The van der Waals surface area contributed by atoms with Crippen LogP contribution in [0.15, 0.2) is 24.3 Å². The molecule has 0 aliphatic heterocycles. The molecule has 0 spiro atoms. The van der Waals surface area contributed by atoms with E-state index in [-0.39, 0.29) is 11.8 Å². The Hall–Kier alpha value is -1.16. The molecule has 16 heavy (non-hydrogen) atoms. The van der Waals surface area contributed by atoms with Crippen LogP contribution in [0.5, 0.6) is 5.75 Å². The third-order valence-corrected chi connectivity index (χ3v) is 2.24. The highest BCUT2D eigenvalue weighted by atomic mass is 19.3. The predicted octanol–water partition coefficient (Wildman–Crippen LogP) is 3.33. The van der Waals surface area contributed by atoms with Crippen LogP contribution in [-0.4, -0.2) is 6.61 Å². The first kappa shape index (κ1) is 12.9. The fourth-order valence-corrected chi connectivity index (χ4v) is 1.57. The molecular formula is C12H17F2NO. The van der Waals surface area contributed by atoms with Gasteiger partial charge in [0, 0.05) is 6.04 Å². The lowest BCUT2D eigenvalue weighted by molar-refractivity contribution is -0.0499. The van der Waals surface area contributed by atoms with Gasteiger partial charge < -0.3 is 10.5 Å². The Morgan fingerprint density at radius 3 is 2.56 bits per heavy atom. The average molecular weight is 229 g/mol. The summed E-state index contributed by atoms with van der Waals surface area (Å²) in [5.74, 6) is 0.626. The third kappa shape index (κ3) is 4.14. The van der Waals surface area contributed by atoms with Gasteiger partial charge in [-0.3, -0.25) is 0 Å². The summed E-state index contributed by atoms with van der Waals surface area (Å²) in [4.78, 5) is 0. The van der Waals surface area contributed by atoms with Crippen LogP contribution in [-0.2, 0) is 0 Å². The molecule has 0 heterocycles. The molecule has 1 atom stereocenters. The molecule has 0 saturated heterocycles. The number of rotatable bonds is 5. The molecule has 0 unspecified atom stereocenters. The maximum atomic E-state index is 12.0. The van der Waals surface area contributed by atoms with Gasteiger partial charge in [-0.25, -0.2) is 0 Å². The standard InChI is InChI=1S/C12H17F2NO/c1-8(2)6-11(15)9-4-3-5-10(7-9)16-12(13)14/h3-5,7-8,11-12H,6,15H2,1-2H3/t11-/m0/s1. The van der Waals surface area contributed by atoms with Crippen LogP contribution >= 0.6 is 0 Å². The molecule has 1 aromatic carbocycles. The number of hydrogen-bond donors (Lipinski definition) is 1. The molecule has 0 amide bonds. The fraction of sp³-hybridized carbons (Fsp3) is 0.500. The number of halogens is 2. The molecule has 0 aliphatic carbocycles. The molecule has 0 radical (unpaired) electrons. The zero-order valence-electron chi connectivity index (χ0n) is 9.49. The molecule has 2 nitrogen and oxygen atoms in total. The van der Waals surface area contributed by atoms with Gasteiger partial charge in [-0.2, -0.15) is 8.78 Å². The fourth-order valence-electron chi connectivity index (χ4n) is 1.57. The van der Waals surface area contributed by atoms with Gasteiger partial charge in [-0.1, -0.05) is 26.0 Å². The van der Waals surface area contributed by atoms with E-state index in [4.69, 9.17) is 5.73 Å². The maximum Gasteiger partial charge on any atom is 0.387 e. The van der Waals surface area contributed by atoms with Crippen molar-refractivity contribution in [2.24, 2.45) is 11.7 Å². The Labute approximate surface area is 94.4 Å². The van der Waals surface area contributed by atoms with Crippen LogP contribution < -0.4 is 10.5 Å². The van der Waals surface area contributed by atoms with Crippen molar-refractivity contribution in [1.82, 2.24) is 0 Å². The first-order valence-electron chi connectivity index (χ1n) is 5.29. The van der Waals surface area contributed by atoms with Crippen LogP contribution in [0, 0.1) is 5.92 Å². The van der Waals surface area contributed by atoms with Gasteiger partial charge in [-0.15, -0.1) is 0 Å². The molecule has 1 aromatic rings. The summed E-state index contributed by atoms with van der Waals surface area (Å²) in [5.41, 5.74) is 6.78. The van der Waals surface area contributed by atoms with Crippen molar-refractivity contribution in [2.75, 3.05) is 0 Å². The summed E-state index contributed by atoms with van der Waals surface area (Å²) in [6, 6.07) is 6.43. The molecule has 90 valence electrons. The van der Waals surface area contributed by atoms with E-state index in [2.05, 4.69) is 18.6 Å². The van der Waals surface area contributed by atoms with E-state index in [1.165, 1.54) is 6.07 Å². The van der Waals surface area contributed by atoms with E-state index >= 15 is 0 Å². The second-order valence-electron chi connectivity index (χ2n) is 4.19. The maximum absolute atomic E-state index is 12.0. The Morgan fingerprint density at radius 1 is 1.31 bits per heavy atom. The number of ether oxygens (including phenoxy) is 1. The average Bonchev–Trinajstić information content (AvgIpc) is 2.16. The molecule has 4 heteroatoms. The second-order valence-corrected chi connectivity index (χ2v) is 4.19. The minimum atomic E-state index is -2.79. The topological polar surface area (TPSA) is 35.2 Å². The van der Waals surface area contributed by atoms with Crippen LogP contribution in [0.3, 0.4) is 0 Å². The second kappa shape index (κ2) is 5.80. The van der Waals surface area contributed by atoms with E-state index in [1.54, 1.807) is 12.1 Å². The summed E-state index contributed by atoms with van der Waals surface area (Å²) >= 11 is 0. The minimum absolute atomic E-state index is 0.138. The van der Waals surface area contributed by atoms with Crippen molar-refractivity contribution < 1.29 is 13.5 Å². The van der Waals surface area contributed by atoms with E-state index in [1.807, 2.05) is 6.07 Å². The van der Waals surface area contributed by atoms with E-state index in [9.17, 15) is 8.78 Å². The molecule has 2 N–H and O–H groups in total. The summed E-state index contributed by atoms with van der Waals surface area (Å²) in [5, 5.41) is 0. The number of hydrogen-bond acceptors (Lipinski definition) is 2. The summed E-state index contributed by atoms with van der Waals surface area (Å²) in [6.07, 6.45) is 0.818. The molecule has 0 bridgehead atoms. The molecule has 0 aromatic heterocycles. The van der Waals surface area contributed by atoms with Crippen LogP contribution in [0.4, 0.5) is 8.78 Å². The summed E-state index contributed by atoms with van der Waals surface area (Å²) in [6.45, 7) is 1.34. The summed E-state index contributed by atoms with van der Waals surface area (Å²) in [7, 11) is 0. The molecule has 0 fully saturated rings. The molecule has 1 rings (SSSR count). The highest BCUT2D eigenvalue weighted by molar-refractivity contribution is 5.30. The van der Waals surface area contributed by atoms with Crippen molar-refractivity contribution in [3.63, 3.8) is 0 Å². The van der Waals surface area contributed by atoms with Gasteiger partial charge in [0.15, 0.2) is 0 Å². The third-order valence-electron chi connectivity index (χ3n) is 2.24. The van der Waals surface area contributed by atoms with Gasteiger partial charge in [-0.05, 0) is 30.0 Å². The van der Waals surface area contributed by atoms with Crippen molar-refractivity contribution in [1.29, 1.82) is 0 Å². The van der Waals surface area contributed by atoms with Crippen LogP contribution in [0.2, 0.25) is 0 Å². The lowest BCUT2D eigenvalue weighted by Crippen LogP contribution is -2.13. The Morgan fingerprint density at radius 2 is 2.00 bits per heavy atom. The van der Waals surface area contributed by atoms with E-state index < -0.39 is 6.61 Å². The number of benzene rings is 1. The highest BCUT2D eigenvalue weighted by Crippen LogP contribution is 2.23. The van der Waals surface area contributed by atoms with Gasteiger partial charge in [0.05, 0.1) is 0 Å². The van der Waals surface area contributed by atoms with Crippen LogP contribution in [0.25, 0.3) is 0 Å². The van der Waals surface area contributed by atoms with Crippen molar-refractivity contribution >= 4 is 0 Å². The monoisotopic (exact) mass is 229 g/mol. The Bertz CT molecular complexity index is 329. The minimum Gasteiger partial charge on any atom is -0.435 e. The van der Waals surface area contributed by atoms with Crippen LogP contribution in [0.1, 0.15) is 31.9 Å². The van der Waals surface area contributed by atoms with E-state index in [0.29, 0.717) is 5.92 Å². The molecular weight excluding hydrogens is 212 g/mol. The van der Waals surface area contributed by atoms with Gasteiger partial charge >= 0.3 is 6.61 Å². The first-order chi connectivity index (χ1) is 7.49. The Kier molecular flexibility index (Phi) is 4.68. The number of nitrogens with two attached hydrogens (primary N) is 1. The van der Waals surface area contributed by atoms with Crippen molar-refractivity contribution in [3.05, 3.63) is 29.8 Å². The highest BCUT2D eigenvalue weighted by Gasteiger charge is 2.10. The SMILES string of the molecule is CC(C)C[C@H](N)c1cccc(OC(F)F)c1. The number of alkyl halides is 2. The first-order valence-corrected chi connectivity index (χ1v) is 5.29. The quantitative estimate of drug-likeness (QED) is 0.840. The molecule has 0 aliphatic rings. The lowest BCUT2D eigenvalue weighted by Gasteiger charge is -2.15. The van der Waals surface area contributed by atoms with E-state index in [0.717, 1.165) is 12.0 Å². The predicted molar refractivity (Wildman–Crippen MR) is 59.5 cm³/mol. The molecule has 0 saturated carbocycles.